The van der Waals surface area contributed by atoms with Crippen molar-refractivity contribution >= 4 is 17.0 Å². The molecule has 9 heteroatoms. The van der Waals surface area contributed by atoms with Gasteiger partial charge in [-0.3, -0.25) is 4.57 Å². The van der Waals surface area contributed by atoms with Crippen LogP contribution in [0.4, 0.5) is 5.82 Å². The molecule has 5 N–H and O–H groups in total. The van der Waals surface area contributed by atoms with Crippen LogP contribution in [0.5, 0.6) is 0 Å². The highest BCUT2D eigenvalue weighted by molar-refractivity contribution is 5.81. The van der Waals surface area contributed by atoms with E-state index in [4.69, 9.17) is 10.5 Å². The molecule has 0 saturated carbocycles. The average molecular weight is 281 g/mol. The summed E-state index contributed by atoms with van der Waals surface area (Å²) in [5.41, 5.74) is 5.16. The maximum Gasteiger partial charge on any atom is 0.173 e. The first-order chi connectivity index (χ1) is 9.49. The second-order valence-electron chi connectivity index (χ2n) is 4.87. The molecule has 0 spiro atoms. The fourth-order valence-electron chi connectivity index (χ4n) is 2.49. The highest BCUT2D eigenvalue weighted by atomic mass is 16.6. The Morgan fingerprint density at radius 3 is 2.80 bits per heavy atom. The minimum absolute atomic E-state index is 0.212. The molecule has 2 aromatic rings. The number of aromatic nitrogens is 4. The quantitative estimate of drug-likeness (QED) is 0.505. The van der Waals surface area contributed by atoms with Gasteiger partial charge >= 0.3 is 0 Å². The minimum atomic E-state index is -1.30. The van der Waals surface area contributed by atoms with Crippen LogP contribution in [-0.4, -0.2) is 59.8 Å². The minimum Gasteiger partial charge on any atom is -0.394 e. The van der Waals surface area contributed by atoms with E-state index in [1.165, 1.54) is 17.2 Å². The van der Waals surface area contributed by atoms with Crippen LogP contribution in [-0.2, 0) is 10.5 Å². The molecule has 9 nitrogen and oxygen atoms in total. The van der Waals surface area contributed by atoms with E-state index in [1.807, 2.05) is 0 Å². The van der Waals surface area contributed by atoms with Crippen LogP contribution >= 0.6 is 0 Å². The van der Waals surface area contributed by atoms with E-state index < -0.39 is 30.6 Å². The van der Waals surface area contributed by atoms with Gasteiger partial charge in [-0.2, -0.15) is 0 Å². The smallest absolute Gasteiger partial charge is 0.173 e. The van der Waals surface area contributed by atoms with Crippen molar-refractivity contribution < 1.29 is 20.1 Å². The van der Waals surface area contributed by atoms with Gasteiger partial charge < -0.3 is 25.8 Å². The summed E-state index contributed by atoms with van der Waals surface area (Å²) >= 11 is 0. The van der Waals surface area contributed by atoms with E-state index in [2.05, 4.69) is 15.0 Å². The molecule has 3 unspecified atom stereocenters. The Morgan fingerprint density at radius 1 is 1.40 bits per heavy atom. The third-order valence-electron chi connectivity index (χ3n) is 3.66. The molecule has 1 aliphatic rings. The average Bonchev–Trinajstić information content (AvgIpc) is 2.96. The molecule has 0 bridgehead atoms. The number of nitrogens with zero attached hydrogens (tertiary/aromatic N) is 4. The molecule has 0 aliphatic carbocycles. The molecule has 2 aromatic heterocycles. The zero-order valence-corrected chi connectivity index (χ0v) is 10.7. The van der Waals surface area contributed by atoms with Crippen molar-refractivity contribution in [2.24, 2.45) is 0 Å². The first-order valence-corrected chi connectivity index (χ1v) is 6.08. The van der Waals surface area contributed by atoms with Gasteiger partial charge in [-0.1, -0.05) is 0 Å². The molecule has 0 radical (unpaired) electrons. The van der Waals surface area contributed by atoms with Gasteiger partial charge in [0.05, 0.1) is 12.9 Å². The maximum absolute atomic E-state index is 10.2. The molecule has 3 heterocycles. The van der Waals surface area contributed by atoms with Gasteiger partial charge in [-0.05, 0) is 6.92 Å². The van der Waals surface area contributed by atoms with Gasteiger partial charge in [-0.15, -0.1) is 0 Å². The van der Waals surface area contributed by atoms with E-state index in [1.54, 1.807) is 6.92 Å². The van der Waals surface area contributed by atoms with Crippen LogP contribution in [0.2, 0.25) is 0 Å². The molecule has 0 amide bonds. The molecule has 4 atom stereocenters. The Labute approximate surface area is 113 Å². The molecule has 20 heavy (non-hydrogen) atoms. The second kappa shape index (κ2) is 4.35. The molecule has 0 aromatic carbocycles. The summed E-state index contributed by atoms with van der Waals surface area (Å²) in [6.07, 6.45) is -0.646. The van der Waals surface area contributed by atoms with Crippen molar-refractivity contribution in [1.29, 1.82) is 0 Å². The number of nitrogens with two attached hydrogens (primary N) is 1. The summed E-state index contributed by atoms with van der Waals surface area (Å²) in [7, 11) is 0. The van der Waals surface area contributed by atoms with E-state index in [0.29, 0.717) is 11.2 Å². The maximum atomic E-state index is 10.2. The third-order valence-corrected chi connectivity index (χ3v) is 3.66. The van der Waals surface area contributed by atoms with Crippen LogP contribution in [0.1, 0.15) is 6.92 Å². The zero-order chi connectivity index (χ0) is 14.5. The first-order valence-electron chi connectivity index (χ1n) is 6.08. The van der Waals surface area contributed by atoms with Crippen molar-refractivity contribution in [1.82, 2.24) is 19.5 Å². The monoisotopic (exact) mass is 281 g/mol. The predicted molar refractivity (Wildman–Crippen MR) is 67.4 cm³/mol. The summed E-state index contributed by atoms with van der Waals surface area (Å²) in [5, 5.41) is 29.3. The van der Waals surface area contributed by atoms with E-state index >= 15 is 0 Å². The predicted octanol–water partition coefficient (Wildman–Crippen LogP) is -1.81. The molecule has 1 saturated heterocycles. The Balaban J connectivity index is 2.13. The Morgan fingerprint density at radius 2 is 2.15 bits per heavy atom. The number of fused-ring (bicyclic) bond motifs is 1. The molecule has 108 valence electrons. The Bertz CT molecular complexity index is 647. The number of nitrogen functional groups attached to an aromatic ring is 1. The molecule has 1 aliphatic heterocycles. The van der Waals surface area contributed by atoms with Crippen molar-refractivity contribution in [2.45, 2.75) is 31.0 Å². The van der Waals surface area contributed by atoms with Gasteiger partial charge in [-0.25, -0.2) is 15.0 Å². The van der Waals surface area contributed by atoms with Crippen molar-refractivity contribution in [3.63, 3.8) is 0 Å². The lowest BCUT2D eigenvalue weighted by molar-refractivity contribution is -0.132. The highest BCUT2D eigenvalue weighted by Gasteiger charge is 2.52. The summed E-state index contributed by atoms with van der Waals surface area (Å²) < 4.78 is 7.06. The first kappa shape index (κ1) is 13.2. The van der Waals surface area contributed by atoms with Crippen LogP contribution in [0.15, 0.2) is 12.7 Å². The van der Waals surface area contributed by atoms with Crippen LogP contribution < -0.4 is 5.73 Å². The van der Waals surface area contributed by atoms with Crippen LogP contribution in [0.3, 0.4) is 0 Å². The lowest BCUT2D eigenvalue weighted by Gasteiger charge is -2.29. The lowest BCUT2D eigenvalue weighted by Crippen LogP contribution is -2.43. The standard InChI is InChI=1S/C11H15N5O4/c1-11(8(19)7(18)5(2-17)20-11)16-4-15-6-9(12)13-3-14-10(6)16/h3-5,7-8,17-19H,2H2,1H3,(H2,12,13,14)/t5?,7?,8?,11-/m1/s1. The Hall–Kier alpha value is -1.81. The number of hydrogen-bond donors (Lipinski definition) is 4. The largest absolute Gasteiger partial charge is 0.394 e. The number of aliphatic hydroxyl groups excluding tert-OH is 3. The number of aliphatic hydroxyl groups is 3. The van der Waals surface area contributed by atoms with Crippen LogP contribution in [0, 0.1) is 0 Å². The molecule has 1 fully saturated rings. The fraction of sp³-hybridized carbons (Fsp3) is 0.545. The second-order valence-corrected chi connectivity index (χ2v) is 4.87. The van der Waals surface area contributed by atoms with Crippen molar-refractivity contribution in [2.75, 3.05) is 12.3 Å². The van der Waals surface area contributed by atoms with Gasteiger partial charge in [0.25, 0.3) is 0 Å². The lowest BCUT2D eigenvalue weighted by atomic mass is 10.0. The highest BCUT2D eigenvalue weighted by Crippen LogP contribution is 2.37. The number of rotatable bonds is 2. The summed E-state index contributed by atoms with van der Waals surface area (Å²) in [4.78, 5) is 12.0. The third kappa shape index (κ3) is 1.61. The van der Waals surface area contributed by atoms with Gasteiger partial charge in [0.2, 0.25) is 0 Å². The summed E-state index contributed by atoms with van der Waals surface area (Å²) in [6.45, 7) is 1.17. The van der Waals surface area contributed by atoms with E-state index in [9.17, 15) is 15.3 Å². The van der Waals surface area contributed by atoms with Crippen LogP contribution in [0.25, 0.3) is 11.2 Å². The number of hydrogen-bond acceptors (Lipinski definition) is 8. The zero-order valence-electron chi connectivity index (χ0n) is 10.7. The van der Waals surface area contributed by atoms with Gasteiger partial charge in [0, 0.05) is 0 Å². The fourth-order valence-corrected chi connectivity index (χ4v) is 2.49. The van der Waals surface area contributed by atoms with Gasteiger partial charge in [0.15, 0.2) is 17.2 Å². The Kier molecular flexibility index (Phi) is 2.87. The molecular weight excluding hydrogens is 266 g/mol. The van der Waals surface area contributed by atoms with E-state index in [-0.39, 0.29) is 5.82 Å². The normalized spacial score (nSPS) is 33.9. The van der Waals surface area contributed by atoms with Crippen molar-refractivity contribution in [3.05, 3.63) is 12.7 Å². The van der Waals surface area contributed by atoms with Crippen molar-refractivity contribution in [3.8, 4) is 0 Å². The molecular formula is C11H15N5O4. The molecule has 3 rings (SSSR count). The summed E-state index contributed by atoms with van der Waals surface area (Å²) in [6, 6.07) is 0. The SMILES string of the molecule is C[C@@]1(n2cnc3c(N)ncnc32)OC(CO)C(O)C1O. The summed E-state index contributed by atoms with van der Waals surface area (Å²) in [5.74, 6) is 0.212. The number of anilines is 1. The topological polar surface area (TPSA) is 140 Å². The number of ether oxygens (including phenoxy) is 1. The number of imidazole rings is 1. The van der Waals surface area contributed by atoms with Gasteiger partial charge in [0.1, 0.15) is 30.2 Å². The van der Waals surface area contributed by atoms with E-state index in [0.717, 1.165) is 0 Å².